The van der Waals surface area contributed by atoms with Gasteiger partial charge in [-0.05, 0) is 6.42 Å². The zero-order valence-corrected chi connectivity index (χ0v) is 12.1. The highest BCUT2D eigenvalue weighted by Crippen LogP contribution is 1.85. The Morgan fingerprint density at radius 3 is 2.00 bits per heavy atom. The number of carboxylic acid groups (broad SMARTS) is 1. The zero-order chi connectivity index (χ0) is 16.7. The molecule has 0 aliphatic rings. The predicted molar refractivity (Wildman–Crippen MR) is 73.8 cm³/mol. The van der Waals surface area contributed by atoms with E-state index in [1.165, 1.54) is 0 Å². The average molecular weight is 315 g/mol. The summed E-state index contributed by atoms with van der Waals surface area (Å²) in [7, 11) is 0. The van der Waals surface area contributed by atoms with Crippen LogP contribution in [0.25, 0.3) is 0 Å². The van der Waals surface area contributed by atoms with Gasteiger partial charge in [-0.2, -0.15) is 0 Å². The maximum Gasteiger partial charge on any atom is 0.336 e. The van der Waals surface area contributed by atoms with Crippen LogP contribution < -0.4 is 17.1 Å². The van der Waals surface area contributed by atoms with Crippen LogP contribution >= 0.6 is 0 Å². The number of nitrogens with zero attached hydrogens (tertiary/aromatic N) is 3. The lowest BCUT2D eigenvalue weighted by atomic mass is 10.4. The van der Waals surface area contributed by atoms with Gasteiger partial charge >= 0.3 is 23.0 Å². The summed E-state index contributed by atoms with van der Waals surface area (Å²) in [4.78, 5) is 57.2. The zero-order valence-electron chi connectivity index (χ0n) is 12.1. The van der Waals surface area contributed by atoms with Crippen LogP contribution in [0.5, 0.6) is 0 Å². The van der Waals surface area contributed by atoms with Gasteiger partial charge in [-0.25, -0.2) is 28.1 Å². The lowest BCUT2D eigenvalue weighted by Gasteiger charge is -2.12. The van der Waals surface area contributed by atoms with E-state index >= 15 is 0 Å². The normalized spacial score (nSPS) is 10.4. The molecule has 0 aliphatic carbocycles. The Kier molecular flexibility index (Phi) is 6.29. The number of aliphatic carboxylic acids is 1. The number of carbonyl (C=O) groups excluding carboxylic acids is 1. The molecular formula is C12H17N3O7. The van der Waals surface area contributed by atoms with Crippen molar-refractivity contribution in [1.29, 1.82) is 0 Å². The van der Waals surface area contributed by atoms with Crippen LogP contribution in [0.4, 0.5) is 0 Å². The van der Waals surface area contributed by atoms with E-state index in [0.29, 0.717) is 11.0 Å². The van der Waals surface area contributed by atoms with Crippen LogP contribution in [0.1, 0.15) is 19.8 Å². The van der Waals surface area contributed by atoms with Crippen molar-refractivity contribution in [2.75, 3.05) is 6.61 Å². The van der Waals surface area contributed by atoms with Crippen molar-refractivity contribution < 1.29 is 19.4 Å². The third-order valence-corrected chi connectivity index (χ3v) is 2.88. The fourth-order valence-corrected chi connectivity index (χ4v) is 1.88. The van der Waals surface area contributed by atoms with Crippen molar-refractivity contribution in [2.45, 2.75) is 39.4 Å². The van der Waals surface area contributed by atoms with Crippen LogP contribution in [-0.2, 0) is 34.0 Å². The van der Waals surface area contributed by atoms with Crippen molar-refractivity contribution >= 4 is 12.4 Å². The smallest absolute Gasteiger partial charge is 0.336 e. The Hall–Kier alpha value is -2.65. The minimum absolute atomic E-state index is 0.0968. The van der Waals surface area contributed by atoms with E-state index in [0.717, 1.165) is 9.13 Å². The molecular weight excluding hydrogens is 298 g/mol. The Balaban J connectivity index is 3.39. The first kappa shape index (κ1) is 17.4. The Morgan fingerprint density at radius 2 is 1.55 bits per heavy atom. The molecule has 0 aliphatic heterocycles. The number of carbonyl (C=O) groups is 2. The number of rotatable bonds is 9. The van der Waals surface area contributed by atoms with Gasteiger partial charge in [-0.15, -0.1) is 0 Å². The molecule has 0 amide bonds. The second kappa shape index (κ2) is 7.96. The first-order valence-corrected chi connectivity index (χ1v) is 6.65. The quantitative estimate of drug-likeness (QED) is 0.421. The lowest BCUT2D eigenvalue weighted by Crippen LogP contribution is -2.55. The van der Waals surface area contributed by atoms with Crippen molar-refractivity contribution in [3.8, 4) is 0 Å². The molecule has 0 saturated heterocycles. The second-order valence-electron chi connectivity index (χ2n) is 4.41. The van der Waals surface area contributed by atoms with Crippen molar-refractivity contribution in [3.05, 3.63) is 31.5 Å². The summed E-state index contributed by atoms with van der Waals surface area (Å²) in [6.07, 6.45) is 0.0570. The maximum absolute atomic E-state index is 12.1. The van der Waals surface area contributed by atoms with Crippen molar-refractivity contribution in [1.82, 2.24) is 13.7 Å². The summed E-state index contributed by atoms with van der Waals surface area (Å²) >= 11 is 0. The van der Waals surface area contributed by atoms with Gasteiger partial charge in [0.05, 0.1) is 13.0 Å². The Labute approximate surface area is 124 Å². The van der Waals surface area contributed by atoms with E-state index in [2.05, 4.69) is 4.74 Å². The number of hydrogen-bond donors (Lipinski definition) is 1. The largest absolute Gasteiger partial charge is 0.481 e. The molecule has 1 heterocycles. The molecule has 1 aromatic rings. The van der Waals surface area contributed by atoms with Crippen LogP contribution in [-0.4, -0.2) is 37.9 Å². The van der Waals surface area contributed by atoms with E-state index in [4.69, 9.17) is 5.11 Å². The minimum atomic E-state index is -1.17. The van der Waals surface area contributed by atoms with E-state index in [9.17, 15) is 24.0 Å². The molecule has 0 atom stereocenters. The molecule has 1 rings (SSSR count). The van der Waals surface area contributed by atoms with Crippen LogP contribution in [0.3, 0.4) is 0 Å². The van der Waals surface area contributed by atoms with E-state index in [1.807, 2.05) is 0 Å². The van der Waals surface area contributed by atoms with Gasteiger partial charge in [0.1, 0.15) is 6.61 Å². The van der Waals surface area contributed by atoms with Gasteiger partial charge in [0, 0.05) is 13.1 Å². The molecule has 0 spiro atoms. The fourth-order valence-electron chi connectivity index (χ4n) is 1.88. The van der Waals surface area contributed by atoms with E-state index < -0.39 is 29.5 Å². The van der Waals surface area contributed by atoms with Gasteiger partial charge in [-0.3, -0.25) is 9.59 Å². The van der Waals surface area contributed by atoms with Gasteiger partial charge in [0.15, 0.2) is 0 Å². The van der Waals surface area contributed by atoms with Gasteiger partial charge in [0.25, 0.3) is 6.47 Å². The van der Waals surface area contributed by atoms with E-state index in [1.54, 1.807) is 6.92 Å². The summed E-state index contributed by atoms with van der Waals surface area (Å²) in [5, 5.41) is 8.67. The standard InChI is InChI=1S/C12H17N3O7/c1-2-4-13-10(19)14(5-3-9(17)18)12(21)15(11(13)20)6-7-22-8-16/h8H,2-7H2,1H3,(H,17,18). The average Bonchev–Trinajstić information content (AvgIpc) is 2.47. The number of ether oxygens (including phenoxy) is 1. The summed E-state index contributed by atoms with van der Waals surface area (Å²) in [6, 6.07) is 0. The lowest BCUT2D eigenvalue weighted by molar-refractivity contribution is -0.137. The monoisotopic (exact) mass is 315 g/mol. The molecule has 0 fully saturated rings. The highest BCUT2D eigenvalue weighted by atomic mass is 16.5. The number of hydrogen-bond acceptors (Lipinski definition) is 6. The number of aromatic nitrogens is 3. The molecule has 10 nitrogen and oxygen atoms in total. The third kappa shape index (κ3) is 3.93. The van der Waals surface area contributed by atoms with Gasteiger partial charge in [-0.1, -0.05) is 6.92 Å². The summed E-state index contributed by atoms with van der Waals surface area (Å²) in [5.74, 6) is -1.17. The SMILES string of the molecule is CCCn1c(=O)n(CCOC=O)c(=O)n(CCC(=O)O)c1=O. The molecule has 0 saturated carbocycles. The summed E-state index contributed by atoms with van der Waals surface area (Å²) in [6.45, 7) is 1.26. The molecule has 0 bridgehead atoms. The third-order valence-electron chi connectivity index (χ3n) is 2.88. The highest BCUT2D eigenvalue weighted by molar-refractivity contribution is 5.66. The molecule has 122 valence electrons. The van der Waals surface area contributed by atoms with Crippen molar-refractivity contribution in [3.63, 3.8) is 0 Å². The summed E-state index contributed by atoms with van der Waals surface area (Å²) in [5.41, 5.74) is -2.57. The topological polar surface area (TPSA) is 130 Å². The Bertz CT molecular complexity index is 713. The first-order valence-electron chi connectivity index (χ1n) is 6.65. The van der Waals surface area contributed by atoms with Gasteiger partial charge < -0.3 is 9.84 Å². The number of carboxylic acids is 1. The van der Waals surface area contributed by atoms with Crippen LogP contribution in [0.15, 0.2) is 14.4 Å². The van der Waals surface area contributed by atoms with Crippen LogP contribution in [0, 0.1) is 0 Å². The molecule has 0 aromatic carbocycles. The predicted octanol–water partition coefficient (Wildman–Crippen LogP) is -1.77. The molecule has 0 unspecified atom stereocenters. The van der Waals surface area contributed by atoms with E-state index in [-0.39, 0.29) is 32.7 Å². The minimum Gasteiger partial charge on any atom is -0.481 e. The molecule has 10 heteroatoms. The Morgan fingerprint density at radius 1 is 1.05 bits per heavy atom. The van der Waals surface area contributed by atoms with Gasteiger partial charge in [0.2, 0.25) is 0 Å². The molecule has 1 N–H and O–H groups in total. The first-order chi connectivity index (χ1) is 10.4. The molecule has 0 radical (unpaired) electrons. The maximum atomic E-state index is 12.1. The van der Waals surface area contributed by atoms with Crippen LogP contribution in [0.2, 0.25) is 0 Å². The molecule has 1 aromatic heterocycles. The molecule has 22 heavy (non-hydrogen) atoms. The summed E-state index contributed by atoms with van der Waals surface area (Å²) < 4.78 is 6.76. The van der Waals surface area contributed by atoms with Crippen molar-refractivity contribution in [2.24, 2.45) is 0 Å². The second-order valence-corrected chi connectivity index (χ2v) is 4.41. The highest BCUT2D eigenvalue weighted by Gasteiger charge is 2.15. The fraction of sp³-hybridized carbons (Fsp3) is 0.583.